The SMILES string of the molecule is CCNCc1sccc1S(=O)(=O)NCC1CCCN1CC. The van der Waals surface area contributed by atoms with Crippen LogP contribution in [-0.2, 0) is 16.6 Å². The Bertz CT molecular complexity index is 542. The van der Waals surface area contributed by atoms with E-state index in [2.05, 4.69) is 21.9 Å². The van der Waals surface area contributed by atoms with E-state index in [-0.39, 0.29) is 0 Å². The van der Waals surface area contributed by atoms with E-state index in [4.69, 9.17) is 0 Å². The molecule has 0 saturated carbocycles. The number of hydrogen-bond acceptors (Lipinski definition) is 5. The summed E-state index contributed by atoms with van der Waals surface area (Å²) in [6.45, 7) is 8.14. The molecule has 1 fully saturated rings. The van der Waals surface area contributed by atoms with Crippen molar-refractivity contribution in [3.8, 4) is 0 Å². The summed E-state index contributed by atoms with van der Waals surface area (Å²) in [5, 5.41) is 5.03. The molecular weight excluding hydrogens is 306 g/mol. The van der Waals surface area contributed by atoms with Crippen LogP contribution in [0.5, 0.6) is 0 Å². The predicted octanol–water partition coefficient (Wildman–Crippen LogP) is 1.62. The number of likely N-dealkylation sites (N-methyl/N-ethyl adjacent to an activating group) is 1. The number of hydrogen-bond donors (Lipinski definition) is 2. The number of rotatable bonds is 8. The van der Waals surface area contributed by atoms with E-state index >= 15 is 0 Å². The summed E-state index contributed by atoms with van der Waals surface area (Å²) in [6, 6.07) is 2.03. The van der Waals surface area contributed by atoms with Gasteiger partial charge in [-0.2, -0.15) is 0 Å². The third kappa shape index (κ3) is 4.26. The lowest BCUT2D eigenvalue weighted by Gasteiger charge is -2.22. The van der Waals surface area contributed by atoms with Gasteiger partial charge in [-0.1, -0.05) is 13.8 Å². The van der Waals surface area contributed by atoms with Crippen LogP contribution in [0.1, 0.15) is 31.6 Å². The van der Waals surface area contributed by atoms with E-state index in [9.17, 15) is 8.42 Å². The fourth-order valence-electron chi connectivity index (χ4n) is 2.76. The minimum Gasteiger partial charge on any atom is -0.312 e. The summed E-state index contributed by atoms with van der Waals surface area (Å²) in [7, 11) is -3.40. The molecule has 5 nitrogen and oxygen atoms in total. The average Bonchev–Trinajstić information content (AvgIpc) is 3.11. The van der Waals surface area contributed by atoms with E-state index in [1.54, 1.807) is 6.07 Å². The van der Waals surface area contributed by atoms with E-state index in [1.165, 1.54) is 11.3 Å². The molecule has 0 bridgehead atoms. The Kier molecular flexibility index (Phi) is 6.19. The molecule has 1 aromatic rings. The Balaban J connectivity index is 2.00. The van der Waals surface area contributed by atoms with Gasteiger partial charge in [-0.3, -0.25) is 4.90 Å². The van der Waals surface area contributed by atoms with Crippen LogP contribution in [0.3, 0.4) is 0 Å². The fraction of sp³-hybridized carbons (Fsp3) is 0.714. The lowest BCUT2D eigenvalue weighted by atomic mass is 10.2. The van der Waals surface area contributed by atoms with Crippen molar-refractivity contribution in [2.24, 2.45) is 0 Å². The Morgan fingerprint density at radius 1 is 1.43 bits per heavy atom. The minimum atomic E-state index is -3.40. The molecule has 2 N–H and O–H groups in total. The molecule has 1 atom stereocenters. The first-order chi connectivity index (χ1) is 10.1. The van der Waals surface area contributed by atoms with E-state index in [0.717, 1.165) is 37.4 Å². The Labute approximate surface area is 131 Å². The van der Waals surface area contributed by atoms with E-state index in [0.29, 0.717) is 24.0 Å². The summed E-state index contributed by atoms with van der Waals surface area (Å²) in [6.07, 6.45) is 2.23. The zero-order valence-electron chi connectivity index (χ0n) is 12.8. The number of nitrogens with one attached hydrogen (secondary N) is 2. The highest BCUT2D eigenvalue weighted by atomic mass is 32.2. The molecule has 21 heavy (non-hydrogen) atoms. The topological polar surface area (TPSA) is 61.4 Å². The first kappa shape index (κ1) is 16.9. The third-order valence-corrected chi connectivity index (χ3v) is 6.50. The van der Waals surface area contributed by atoms with Gasteiger partial charge in [0.25, 0.3) is 0 Å². The normalized spacial score (nSPS) is 20.2. The molecule has 1 aromatic heterocycles. The molecule has 0 amide bonds. The Morgan fingerprint density at radius 2 is 2.24 bits per heavy atom. The molecule has 120 valence electrons. The van der Waals surface area contributed by atoms with Gasteiger partial charge in [0.05, 0.1) is 4.90 Å². The summed E-state index contributed by atoms with van der Waals surface area (Å²) >= 11 is 1.49. The summed E-state index contributed by atoms with van der Waals surface area (Å²) in [5.74, 6) is 0. The number of sulfonamides is 1. The predicted molar refractivity (Wildman–Crippen MR) is 87.2 cm³/mol. The second kappa shape index (κ2) is 7.69. The summed E-state index contributed by atoms with van der Waals surface area (Å²) < 4.78 is 27.8. The number of likely N-dealkylation sites (tertiary alicyclic amines) is 1. The van der Waals surface area contributed by atoms with Crippen LogP contribution in [0.25, 0.3) is 0 Å². The maximum atomic E-state index is 12.5. The standard InChI is InChI=1S/C14H25N3O2S2/c1-3-15-11-13-14(7-9-20-13)21(18,19)16-10-12-6-5-8-17(12)4-2/h7,9,12,15-16H,3-6,8,10-11H2,1-2H3. The Hall–Kier alpha value is -0.470. The van der Waals surface area contributed by atoms with Gasteiger partial charge >= 0.3 is 0 Å². The molecule has 1 aliphatic heterocycles. The zero-order chi connectivity index (χ0) is 15.3. The van der Waals surface area contributed by atoms with Crippen molar-refractivity contribution < 1.29 is 8.42 Å². The molecular formula is C14H25N3O2S2. The molecule has 2 rings (SSSR count). The molecule has 0 aromatic carbocycles. The minimum absolute atomic E-state index is 0.334. The molecule has 7 heteroatoms. The first-order valence-corrected chi connectivity index (χ1v) is 9.95. The van der Waals surface area contributed by atoms with Crippen molar-refractivity contribution in [1.82, 2.24) is 14.9 Å². The van der Waals surface area contributed by atoms with E-state index in [1.807, 2.05) is 12.3 Å². The molecule has 1 saturated heterocycles. The van der Waals surface area contributed by atoms with Crippen molar-refractivity contribution in [2.75, 3.05) is 26.2 Å². The van der Waals surface area contributed by atoms with Crippen molar-refractivity contribution in [3.05, 3.63) is 16.3 Å². The summed E-state index contributed by atoms with van der Waals surface area (Å²) in [5.41, 5.74) is 0. The monoisotopic (exact) mass is 331 g/mol. The van der Waals surface area contributed by atoms with Gasteiger partial charge in [0.1, 0.15) is 0 Å². The molecule has 1 unspecified atom stereocenters. The van der Waals surface area contributed by atoms with Gasteiger partial charge < -0.3 is 5.32 Å². The zero-order valence-corrected chi connectivity index (χ0v) is 14.4. The second-order valence-electron chi connectivity index (χ2n) is 5.26. The summed E-state index contributed by atoms with van der Waals surface area (Å²) in [4.78, 5) is 3.65. The average molecular weight is 332 g/mol. The molecule has 1 aliphatic rings. The highest BCUT2D eigenvalue weighted by Crippen LogP contribution is 2.22. The van der Waals surface area contributed by atoms with Crippen molar-refractivity contribution in [2.45, 2.75) is 44.2 Å². The van der Waals surface area contributed by atoms with Gasteiger partial charge in [0, 0.05) is 24.0 Å². The Morgan fingerprint density at radius 3 is 2.95 bits per heavy atom. The lowest BCUT2D eigenvalue weighted by Crippen LogP contribution is -2.40. The highest BCUT2D eigenvalue weighted by Gasteiger charge is 2.26. The lowest BCUT2D eigenvalue weighted by molar-refractivity contribution is 0.268. The van der Waals surface area contributed by atoms with Crippen LogP contribution < -0.4 is 10.0 Å². The van der Waals surface area contributed by atoms with Crippen molar-refractivity contribution in [3.63, 3.8) is 0 Å². The smallest absolute Gasteiger partial charge is 0.241 e. The van der Waals surface area contributed by atoms with Crippen molar-refractivity contribution >= 4 is 21.4 Å². The second-order valence-corrected chi connectivity index (χ2v) is 8.00. The van der Waals surface area contributed by atoms with Crippen LogP contribution in [0.4, 0.5) is 0 Å². The maximum absolute atomic E-state index is 12.5. The van der Waals surface area contributed by atoms with Crippen LogP contribution >= 0.6 is 11.3 Å². The fourth-order valence-corrected chi connectivity index (χ4v) is 5.25. The van der Waals surface area contributed by atoms with Gasteiger partial charge in [-0.25, -0.2) is 13.1 Å². The highest BCUT2D eigenvalue weighted by molar-refractivity contribution is 7.89. The molecule has 2 heterocycles. The van der Waals surface area contributed by atoms with Gasteiger partial charge in [0.2, 0.25) is 10.0 Å². The van der Waals surface area contributed by atoms with Gasteiger partial charge in [-0.15, -0.1) is 11.3 Å². The molecule has 0 radical (unpaired) electrons. The quantitative estimate of drug-likeness (QED) is 0.760. The molecule has 0 aliphatic carbocycles. The van der Waals surface area contributed by atoms with Gasteiger partial charge in [0.15, 0.2) is 0 Å². The third-order valence-electron chi connectivity index (χ3n) is 3.94. The number of thiophene rings is 1. The molecule has 0 spiro atoms. The van der Waals surface area contributed by atoms with E-state index < -0.39 is 10.0 Å². The van der Waals surface area contributed by atoms with Crippen LogP contribution in [0.2, 0.25) is 0 Å². The first-order valence-electron chi connectivity index (χ1n) is 7.59. The van der Waals surface area contributed by atoms with Gasteiger partial charge in [-0.05, 0) is 43.9 Å². The van der Waals surface area contributed by atoms with Crippen LogP contribution in [0.15, 0.2) is 16.3 Å². The van der Waals surface area contributed by atoms with Crippen LogP contribution in [-0.4, -0.2) is 45.5 Å². The van der Waals surface area contributed by atoms with Crippen molar-refractivity contribution in [1.29, 1.82) is 0 Å². The maximum Gasteiger partial charge on any atom is 0.241 e. The number of nitrogens with zero attached hydrogens (tertiary/aromatic N) is 1. The largest absolute Gasteiger partial charge is 0.312 e. The van der Waals surface area contributed by atoms with Crippen LogP contribution in [0, 0.1) is 0 Å².